The SMILES string of the molecule is Cc1c(Oc2ccnc3ccc(CS(C)=O)cc23)cc(F)c(CC(=O)Nc2cnn(C(C)(C)C)c2)c1F. The van der Waals surface area contributed by atoms with E-state index in [1.165, 1.54) is 19.3 Å². The second kappa shape index (κ2) is 10.4. The van der Waals surface area contributed by atoms with E-state index in [0.29, 0.717) is 28.1 Å². The molecule has 1 atom stereocenters. The molecular formula is C27H28F2N4O3S. The third kappa shape index (κ3) is 6.02. The van der Waals surface area contributed by atoms with Crippen LogP contribution >= 0.6 is 0 Å². The minimum absolute atomic E-state index is 0.0115. The van der Waals surface area contributed by atoms with Crippen molar-refractivity contribution in [3.05, 3.63) is 77.2 Å². The van der Waals surface area contributed by atoms with Gasteiger partial charge >= 0.3 is 0 Å². The summed E-state index contributed by atoms with van der Waals surface area (Å²) in [5.74, 6) is -1.60. The molecule has 7 nitrogen and oxygen atoms in total. The quantitative estimate of drug-likeness (QED) is 0.338. The van der Waals surface area contributed by atoms with E-state index in [9.17, 15) is 9.00 Å². The standard InChI is InChI=1S/C27H28F2N4O3S/c1-16-24(36-23-8-9-30-22-7-6-17(10-20(22)23)15-37(5)35)12-21(28)19(26(16)29)11-25(34)32-18-13-31-33(14-18)27(2,3)4/h6-10,12-14H,11,15H2,1-5H3,(H,32,34). The number of halogens is 2. The number of nitrogens with one attached hydrogen (secondary N) is 1. The number of fused-ring (bicyclic) bond motifs is 1. The largest absolute Gasteiger partial charge is 0.456 e. The number of amides is 1. The lowest BCUT2D eigenvalue weighted by molar-refractivity contribution is -0.115. The van der Waals surface area contributed by atoms with Crippen molar-refractivity contribution < 1.29 is 22.5 Å². The highest BCUT2D eigenvalue weighted by atomic mass is 32.2. The zero-order chi connectivity index (χ0) is 26.9. The van der Waals surface area contributed by atoms with Crippen LogP contribution in [-0.2, 0) is 33.3 Å². The predicted octanol–water partition coefficient (Wildman–Crippen LogP) is 5.62. The van der Waals surface area contributed by atoms with Gasteiger partial charge in [0.25, 0.3) is 0 Å². The van der Waals surface area contributed by atoms with Gasteiger partial charge in [0, 0.05) is 57.8 Å². The minimum atomic E-state index is -1.04. The molecular weight excluding hydrogens is 498 g/mol. The first-order valence-corrected chi connectivity index (χ1v) is 13.3. The van der Waals surface area contributed by atoms with Crippen LogP contribution in [0, 0.1) is 18.6 Å². The molecule has 10 heteroatoms. The van der Waals surface area contributed by atoms with E-state index in [4.69, 9.17) is 4.74 Å². The second-order valence-electron chi connectivity index (χ2n) is 9.82. The number of ether oxygens (including phenoxy) is 1. The Morgan fingerprint density at radius 2 is 1.92 bits per heavy atom. The monoisotopic (exact) mass is 526 g/mol. The molecule has 2 aromatic carbocycles. The molecule has 0 aliphatic heterocycles. The third-order valence-corrected chi connectivity index (χ3v) is 6.50. The van der Waals surface area contributed by atoms with Crippen molar-refractivity contribution in [2.75, 3.05) is 11.6 Å². The van der Waals surface area contributed by atoms with Gasteiger partial charge in [0.2, 0.25) is 5.91 Å². The van der Waals surface area contributed by atoms with Crippen molar-refractivity contribution in [3.63, 3.8) is 0 Å². The van der Waals surface area contributed by atoms with Gasteiger partial charge in [0.05, 0.1) is 29.4 Å². The maximum absolute atomic E-state index is 15.2. The van der Waals surface area contributed by atoms with E-state index < -0.39 is 34.8 Å². The number of hydrogen-bond acceptors (Lipinski definition) is 5. The number of rotatable bonds is 7. The summed E-state index contributed by atoms with van der Waals surface area (Å²) in [6, 6.07) is 8.10. The average molecular weight is 527 g/mol. The van der Waals surface area contributed by atoms with Crippen molar-refractivity contribution in [3.8, 4) is 11.5 Å². The summed E-state index contributed by atoms with van der Waals surface area (Å²) in [5, 5.41) is 7.47. The Kier molecular flexibility index (Phi) is 7.40. The lowest BCUT2D eigenvalue weighted by atomic mass is 10.0. The van der Waals surface area contributed by atoms with E-state index in [0.717, 1.165) is 11.6 Å². The van der Waals surface area contributed by atoms with Crippen LogP contribution in [-0.4, -0.2) is 31.1 Å². The van der Waals surface area contributed by atoms with Gasteiger partial charge in [-0.2, -0.15) is 5.10 Å². The molecule has 1 amide bonds. The topological polar surface area (TPSA) is 86.1 Å². The maximum Gasteiger partial charge on any atom is 0.229 e. The summed E-state index contributed by atoms with van der Waals surface area (Å²) in [6.45, 7) is 7.35. The number of anilines is 1. The van der Waals surface area contributed by atoms with Gasteiger partial charge in [-0.25, -0.2) is 8.78 Å². The molecule has 0 bridgehead atoms. The van der Waals surface area contributed by atoms with Gasteiger partial charge in [-0.3, -0.25) is 18.7 Å². The summed E-state index contributed by atoms with van der Waals surface area (Å²) in [6.07, 6.45) is 5.81. The molecule has 0 radical (unpaired) electrons. The lowest BCUT2D eigenvalue weighted by Gasteiger charge is -2.18. The third-order valence-electron chi connectivity index (χ3n) is 5.76. The smallest absolute Gasteiger partial charge is 0.229 e. The molecule has 4 rings (SSSR count). The van der Waals surface area contributed by atoms with Crippen LogP contribution in [0.4, 0.5) is 14.5 Å². The van der Waals surface area contributed by atoms with Gasteiger partial charge in [-0.05, 0) is 51.5 Å². The number of aromatic nitrogens is 3. The van der Waals surface area contributed by atoms with E-state index in [1.54, 1.807) is 29.3 Å². The van der Waals surface area contributed by atoms with Crippen LogP contribution in [0.15, 0.2) is 48.9 Å². The molecule has 2 aromatic heterocycles. The molecule has 1 unspecified atom stereocenters. The van der Waals surface area contributed by atoms with Crippen molar-refractivity contribution in [1.82, 2.24) is 14.8 Å². The summed E-state index contributed by atoms with van der Waals surface area (Å²) in [4.78, 5) is 16.8. The van der Waals surface area contributed by atoms with Crippen molar-refractivity contribution in [2.24, 2.45) is 0 Å². The van der Waals surface area contributed by atoms with Crippen molar-refractivity contribution in [2.45, 2.75) is 45.4 Å². The van der Waals surface area contributed by atoms with Gasteiger partial charge < -0.3 is 10.1 Å². The molecule has 0 aliphatic carbocycles. The van der Waals surface area contributed by atoms with Crippen LogP contribution in [0.2, 0.25) is 0 Å². The van der Waals surface area contributed by atoms with Crippen LogP contribution in [0.5, 0.6) is 11.5 Å². The molecule has 0 saturated heterocycles. The molecule has 4 aromatic rings. The normalized spacial score (nSPS) is 12.5. The van der Waals surface area contributed by atoms with Gasteiger partial charge in [0.15, 0.2) is 0 Å². The maximum atomic E-state index is 15.2. The van der Waals surface area contributed by atoms with Crippen molar-refractivity contribution in [1.29, 1.82) is 0 Å². The van der Waals surface area contributed by atoms with Gasteiger partial charge in [-0.15, -0.1) is 0 Å². The second-order valence-corrected chi connectivity index (χ2v) is 11.3. The number of nitrogens with zero attached hydrogens (tertiary/aromatic N) is 3. The summed E-state index contributed by atoms with van der Waals surface area (Å²) in [5.41, 5.74) is 1.34. The highest BCUT2D eigenvalue weighted by molar-refractivity contribution is 7.83. The Balaban J connectivity index is 1.57. The number of pyridine rings is 1. The number of carbonyl (C=O) groups excluding carboxylic acids is 1. The Morgan fingerprint density at radius 3 is 2.59 bits per heavy atom. The minimum Gasteiger partial charge on any atom is -0.456 e. The number of carbonyl (C=O) groups is 1. The highest BCUT2D eigenvalue weighted by Crippen LogP contribution is 2.34. The molecule has 0 saturated carbocycles. The molecule has 0 fully saturated rings. The van der Waals surface area contributed by atoms with Crippen LogP contribution in [0.3, 0.4) is 0 Å². The fraction of sp³-hybridized carbons (Fsp3) is 0.296. The molecule has 37 heavy (non-hydrogen) atoms. The predicted molar refractivity (Wildman–Crippen MR) is 140 cm³/mol. The van der Waals surface area contributed by atoms with E-state index in [2.05, 4.69) is 15.4 Å². The van der Waals surface area contributed by atoms with Crippen LogP contribution < -0.4 is 10.1 Å². The van der Waals surface area contributed by atoms with Gasteiger partial charge in [0.1, 0.15) is 23.1 Å². The summed E-state index contributed by atoms with van der Waals surface area (Å²) < 4.78 is 49.5. The van der Waals surface area contributed by atoms with E-state index in [-0.39, 0.29) is 22.4 Å². The molecule has 1 N–H and O–H groups in total. The van der Waals surface area contributed by atoms with E-state index >= 15 is 8.78 Å². The van der Waals surface area contributed by atoms with Crippen molar-refractivity contribution >= 4 is 33.3 Å². The Hall–Kier alpha value is -3.66. The number of hydrogen-bond donors (Lipinski definition) is 1. The molecule has 2 heterocycles. The Bertz CT molecular complexity index is 1510. The Labute approximate surface area is 216 Å². The number of benzene rings is 2. The Morgan fingerprint density at radius 1 is 1.16 bits per heavy atom. The highest BCUT2D eigenvalue weighted by Gasteiger charge is 2.21. The fourth-order valence-electron chi connectivity index (χ4n) is 3.84. The molecule has 0 aliphatic rings. The van der Waals surface area contributed by atoms with Crippen LogP contribution in [0.1, 0.15) is 37.5 Å². The van der Waals surface area contributed by atoms with E-state index in [1.807, 2.05) is 32.9 Å². The molecule has 194 valence electrons. The summed E-state index contributed by atoms with van der Waals surface area (Å²) >= 11 is 0. The fourth-order valence-corrected chi connectivity index (χ4v) is 4.49. The zero-order valence-corrected chi connectivity index (χ0v) is 22.1. The zero-order valence-electron chi connectivity index (χ0n) is 21.3. The lowest BCUT2D eigenvalue weighted by Crippen LogP contribution is -2.22. The van der Waals surface area contributed by atoms with Crippen LogP contribution in [0.25, 0.3) is 10.9 Å². The first-order chi connectivity index (χ1) is 17.4. The average Bonchev–Trinajstić information content (AvgIpc) is 3.29. The molecule has 0 spiro atoms. The first kappa shape index (κ1) is 26.4. The first-order valence-electron chi connectivity index (χ1n) is 11.6. The van der Waals surface area contributed by atoms with Gasteiger partial charge in [-0.1, -0.05) is 6.07 Å². The summed E-state index contributed by atoms with van der Waals surface area (Å²) in [7, 11) is -1.04.